The summed E-state index contributed by atoms with van der Waals surface area (Å²) in [6.45, 7) is 5.74. The van der Waals surface area contributed by atoms with Crippen LogP contribution in [0.5, 0.6) is 5.75 Å². The van der Waals surface area contributed by atoms with E-state index in [1.54, 1.807) is 51.1 Å². The second kappa shape index (κ2) is 9.83. The third-order valence-corrected chi connectivity index (χ3v) is 6.62. The summed E-state index contributed by atoms with van der Waals surface area (Å²) in [4.78, 5) is 53.0. The first kappa shape index (κ1) is 25.5. The van der Waals surface area contributed by atoms with Gasteiger partial charge in [0.2, 0.25) is 11.8 Å². The maximum absolute atomic E-state index is 13.7. The molecule has 0 aromatic heterocycles. The van der Waals surface area contributed by atoms with Crippen molar-refractivity contribution in [3.63, 3.8) is 0 Å². The van der Waals surface area contributed by atoms with Crippen LogP contribution < -0.4 is 15.4 Å². The Bertz CT molecular complexity index is 1080. The molecule has 1 unspecified atom stereocenters. The lowest BCUT2D eigenvalue weighted by molar-refractivity contribution is -0.145. The number of nitrogens with one attached hydrogen (secondary N) is 2. The van der Waals surface area contributed by atoms with E-state index in [4.69, 9.17) is 9.47 Å². The number of amides is 3. The molecular weight excluding hydrogens is 466 g/mol. The van der Waals surface area contributed by atoms with Crippen LogP contribution in [-0.4, -0.2) is 70.3 Å². The van der Waals surface area contributed by atoms with E-state index in [2.05, 4.69) is 10.6 Å². The number of nitrogens with zero attached hydrogens (tertiary/aromatic N) is 1. The molecule has 194 valence electrons. The zero-order valence-electron chi connectivity index (χ0n) is 20.8. The number of rotatable bonds is 2. The van der Waals surface area contributed by atoms with E-state index >= 15 is 0 Å². The smallest absolute Gasteiger partial charge is 0.408 e. The van der Waals surface area contributed by atoms with Gasteiger partial charge in [0, 0.05) is 18.9 Å². The highest BCUT2D eigenvalue weighted by atomic mass is 16.6. The van der Waals surface area contributed by atoms with Crippen molar-refractivity contribution in [3.05, 3.63) is 42.0 Å². The molecule has 0 radical (unpaired) electrons. The topological polar surface area (TPSA) is 134 Å². The molecule has 0 spiro atoms. The van der Waals surface area contributed by atoms with Gasteiger partial charge in [-0.2, -0.15) is 0 Å². The second-order valence-corrected chi connectivity index (χ2v) is 10.6. The van der Waals surface area contributed by atoms with Crippen molar-refractivity contribution in [2.75, 3.05) is 13.2 Å². The zero-order valence-corrected chi connectivity index (χ0v) is 20.8. The fourth-order valence-electron chi connectivity index (χ4n) is 4.78. The molecule has 10 nitrogen and oxygen atoms in total. The lowest BCUT2D eigenvalue weighted by atomic mass is 10.0. The summed E-state index contributed by atoms with van der Waals surface area (Å²) < 4.78 is 11.2. The van der Waals surface area contributed by atoms with E-state index in [-0.39, 0.29) is 25.4 Å². The molecule has 2 aliphatic heterocycles. The van der Waals surface area contributed by atoms with Gasteiger partial charge in [0.1, 0.15) is 35.6 Å². The lowest BCUT2D eigenvalue weighted by Gasteiger charge is -2.30. The van der Waals surface area contributed by atoms with Crippen LogP contribution in [0.1, 0.15) is 45.6 Å². The molecule has 2 heterocycles. The molecule has 3 amide bonds. The Morgan fingerprint density at radius 3 is 2.78 bits per heavy atom. The Kier molecular flexibility index (Phi) is 6.97. The predicted octanol–water partition coefficient (Wildman–Crippen LogP) is 2.02. The summed E-state index contributed by atoms with van der Waals surface area (Å²) in [6.07, 6.45) is 4.20. The standard InChI is InChI=1S/C26H33N3O7/c1-25(2,3)36-24(34)27-19-14-16-7-4-9-18(13-16)35-12-6-8-17-15-26(17,23(32)33)28-21(30)20-10-5-11-29(20)22(19)31/h4,6-9,13,17,19-20H,5,10-12,14-15H2,1-3H3,(H,27,34)(H,28,30)(H,32,33)/b8-6-/t17?,19-,20-,26+/m0/s1. The highest BCUT2D eigenvalue weighted by Gasteiger charge is 2.61. The van der Waals surface area contributed by atoms with Crippen LogP contribution in [0.4, 0.5) is 4.79 Å². The Balaban J connectivity index is 1.65. The van der Waals surface area contributed by atoms with Gasteiger partial charge in [0.25, 0.3) is 0 Å². The average molecular weight is 500 g/mol. The quantitative estimate of drug-likeness (QED) is 0.530. The molecule has 10 heteroatoms. The molecule has 4 atom stereocenters. The molecule has 1 saturated carbocycles. The lowest BCUT2D eigenvalue weighted by Crippen LogP contribution is -2.57. The molecule has 3 N–H and O–H groups in total. The van der Waals surface area contributed by atoms with Gasteiger partial charge in [-0.25, -0.2) is 9.59 Å². The Labute approximate surface area is 210 Å². The molecule has 36 heavy (non-hydrogen) atoms. The van der Waals surface area contributed by atoms with Crippen molar-refractivity contribution in [1.82, 2.24) is 15.5 Å². The number of carboxylic acids is 1. The number of hydrogen-bond donors (Lipinski definition) is 3. The summed E-state index contributed by atoms with van der Waals surface area (Å²) in [5.41, 5.74) is -1.38. The first-order valence-electron chi connectivity index (χ1n) is 12.2. The van der Waals surface area contributed by atoms with Gasteiger partial charge in [-0.1, -0.05) is 24.3 Å². The van der Waals surface area contributed by atoms with Crippen LogP contribution in [0.3, 0.4) is 0 Å². The minimum absolute atomic E-state index is 0.164. The third-order valence-electron chi connectivity index (χ3n) is 6.62. The van der Waals surface area contributed by atoms with Gasteiger partial charge in [0.15, 0.2) is 0 Å². The second-order valence-electron chi connectivity index (χ2n) is 10.6. The van der Waals surface area contributed by atoms with Crippen LogP contribution in [-0.2, 0) is 25.5 Å². The summed E-state index contributed by atoms with van der Waals surface area (Å²) >= 11 is 0. The van der Waals surface area contributed by atoms with Crippen LogP contribution in [0.25, 0.3) is 0 Å². The molecule has 1 aromatic rings. The minimum Gasteiger partial charge on any atom is -0.490 e. The third kappa shape index (κ3) is 5.63. The van der Waals surface area contributed by atoms with Crippen molar-refractivity contribution in [2.45, 2.75) is 69.7 Å². The summed E-state index contributed by atoms with van der Waals surface area (Å²) in [5, 5.41) is 15.2. The van der Waals surface area contributed by atoms with Crippen molar-refractivity contribution in [3.8, 4) is 5.75 Å². The van der Waals surface area contributed by atoms with Gasteiger partial charge in [-0.15, -0.1) is 0 Å². The number of carbonyl (C=O) groups is 4. The van der Waals surface area contributed by atoms with Gasteiger partial charge in [-0.05, 0) is 57.7 Å². The molecule has 3 aliphatic rings. The van der Waals surface area contributed by atoms with Crippen molar-refractivity contribution < 1.29 is 33.8 Å². The number of aliphatic carboxylic acids is 1. The molecular formula is C26H33N3O7. The number of carbonyl (C=O) groups excluding carboxylic acids is 3. The van der Waals surface area contributed by atoms with E-state index in [1.165, 1.54) is 4.90 Å². The molecule has 1 aromatic carbocycles. The molecule has 1 aliphatic carbocycles. The van der Waals surface area contributed by atoms with Crippen molar-refractivity contribution >= 4 is 23.9 Å². The summed E-state index contributed by atoms with van der Waals surface area (Å²) in [6, 6.07) is 5.41. The van der Waals surface area contributed by atoms with Crippen molar-refractivity contribution in [1.29, 1.82) is 0 Å². The SMILES string of the molecule is CC(C)(C)OC(=O)N[C@H]1Cc2cccc(c2)OC/C=C\C2C[C@@]2(C(=O)O)NC(=O)[C@@H]2CCCN2C1=O. The van der Waals surface area contributed by atoms with E-state index in [1.807, 2.05) is 6.07 Å². The van der Waals surface area contributed by atoms with Crippen LogP contribution in [0, 0.1) is 5.92 Å². The predicted molar refractivity (Wildman–Crippen MR) is 129 cm³/mol. The van der Waals surface area contributed by atoms with Crippen LogP contribution in [0.15, 0.2) is 36.4 Å². The average Bonchev–Trinajstić information content (AvgIpc) is 3.25. The number of ether oxygens (including phenoxy) is 2. The summed E-state index contributed by atoms with van der Waals surface area (Å²) in [5.74, 6) is -1.82. The molecule has 1 saturated heterocycles. The first-order valence-corrected chi connectivity index (χ1v) is 12.2. The highest BCUT2D eigenvalue weighted by molar-refractivity contribution is 5.96. The molecule has 2 bridgehead atoms. The van der Waals surface area contributed by atoms with E-state index < -0.39 is 47.1 Å². The van der Waals surface area contributed by atoms with E-state index in [0.29, 0.717) is 25.1 Å². The normalized spacial score (nSPS) is 29.2. The Hall–Kier alpha value is -3.56. The first-order chi connectivity index (χ1) is 17.0. The highest BCUT2D eigenvalue weighted by Crippen LogP contribution is 2.45. The fourth-order valence-corrected chi connectivity index (χ4v) is 4.78. The van der Waals surface area contributed by atoms with Gasteiger partial charge in [-0.3, -0.25) is 9.59 Å². The van der Waals surface area contributed by atoms with E-state index in [9.17, 15) is 24.3 Å². The minimum atomic E-state index is -1.39. The van der Waals surface area contributed by atoms with Crippen LogP contribution in [0.2, 0.25) is 0 Å². The van der Waals surface area contributed by atoms with E-state index in [0.717, 1.165) is 5.56 Å². The number of carboxylic acid groups (broad SMARTS) is 1. The van der Waals surface area contributed by atoms with Crippen LogP contribution >= 0.6 is 0 Å². The monoisotopic (exact) mass is 499 g/mol. The number of alkyl carbamates (subject to hydrolysis) is 1. The van der Waals surface area contributed by atoms with Gasteiger partial charge in [0.05, 0.1) is 0 Å². The van der Waals surface area contributed by atoms with Gasteiger partial charge >= 0.3 is 12.1 Å². The Morgan fingerprint density at radius 2 is 2.06 bits per heavy atom. The summed E-state index contributed by atoms with van der Waals surface area (Å²) in [7, 11) is 0. The van der Waals surface area contributed by atoms with Crippen molar-refractivity contribution in [2.24, 2.45) is 5.92 Å². The molecule has 4 rings (SSSR count). The number of fused-ring (bicyclic) bond motifs is 4. The maximum atomic E-state index is 13.7. The van der Waals surface area contributed by atoms with Gasteiger partial charge < -0.3 is 30.1 Å². The number of hydrogen-bond acceptors (Lipinski definition) is 6. The largest absolute Gasteiger partial charge is 0.490 e. The molecule has 2 fully saturated rings. The fraction of sp³-hybridized carbons (Fsp3) is 0.538. The zero-order chi connectivity index (χ0) is 26.1. The Morgan fingerprint density at radius 1 is 1.28 bits per heavy atom. The maximum Gasteiger partial charge on any atom is 0.408 e. The number of benzene rings is 1.